The molecule has 8 aromatic rings. The lowest BCUT2D eigenvalue weighted by Gasteiger charge is -2.22. The van der Waals surface area contributed by atoms with Crippen LogP contribution in [0.4, 0.5) is 0 Å². The van der Waals surface area contributed by atoms with E-state index in [0.717, 1.165) is 80.0 Å². The predicted octanol–water partition coefficient (Wildman–Crippen LogP) is 11.1. The molecule has 4 aromatic carbocycles. The van der Waals surface area contributed by atoms with Crippen molar-refractivity contribution in [1.29, 1.82) is 0 Å². The second-order valence-corrected chi connectivity index (χ2v) is 17.9. The highest BCUT2D eigenvalue weighted by molar-refractivity contribution is 5.84. The van der Waals surface area contributed by atoms with Crippen LogP contribution in [0.1, 0.15) is 98.7 Å². The maximum Gasteiger partial charge on any atom is 0.347 e. The Balaban J connectivity index is 0.000000197. The van der Waals surface area contributed by atoms with Crippen molar-refractivity contribution >= 4 is 33.9 Å². The van der Waals surface area contributed by atoms with Crippen molar-refractivity contribution in [1.82, 2.24) is 29.9 Å². The Morgan fingerprint density at radius 2 is 1.05 bits per heavy atom. The summed E-state index contributed by atoms with van der Waals surface area (Å²) in [6, 6.07) is 28.9. The van der Waals surface area contributed by atoms with Crippen LogP contribution in [-0.2, 0) is 35.3 Å². The lowest BCUT2D eigenvalue weighted by atomic mass is 10.1. The SMILES string of the molecule is Cc1ccc(-c2cc(CCc3noc4cc(OC(C)(C)C(=O)O)c(C)cc34)n(C(C)C)n2)cc1.Cc1ccc(-c2cc(CCc3noc4cc(OCC(=O)O)c(C)cc34)n(C(C)C)n2)cc1. The zero-order valence-corrected chi connectivity index (χ0v) is 39.3. The van der Waals surface area contributed by atoms with Gasteiger partial charge in [-0.1, -0.05) is 70.0 Å². The smallest absolute Gasteiger partial charge is 0.347 e. The second kappa shape index (κ2) is 19.5. The Kier molecular flexibility index (Phi) is 13.8. The van der Waals surface area contributed by atoms with Gasteiger partial charge in [0.15, 0.2) is 23.4 Å². The average Bonchev–Trinajstić information content (AvgIpc) is 4.07. The van der Waals surface area contributed by atoms with Gasteiger partial charge in [0, 0.05) is 57.5 Å². The third-order valence-corrected chi connectivity index (χ3v) is 11.5. The molecule has 0 amide bonds. The van der Waals surface area contributed by atoms with Gasteiger partial charge >= 0.3 is 11.9 Å². The summed E-state index contributed by atoms with van der Waals surface area (Å²) < 4.78 is 26.3. The van der Waals surface area contributed by atoms with Crippen molar-refractivity contribution in [2.75, 3.05) is 6.61 Å². The second-order valence-electron chi connectivity index (χ2n) is 17.9. The van der Waals surface area contributed by atoms with Crippen molar-refractivity contribution in [3.8, 4) is 34.0 Å². The number of carboxylic acid groups (broad SMARTS) is 2. The van der Waals surface area contributed by atoms with E-state index in [2.05, 4.69) is 122 Å². The van der Waals surface area contributed by atoms with Gasteiger partial charge in [0.1, 0.15) is 11.5 Å². The van der Waals surface area contributed by atoms with Crippen LogP contribution in [0.2, 0.25) is 0 Å². The standard InChI is InChI=1S/C27H31N3O4.C25H27N3O4/c1-16(2)30-20(14-23(28-30)19-9-7-17(3)8-10-19)11-12-22-21-13-18(4)24(15-25(21)34-29-22)33-27(5,6)26(31)32;1-15(2)28-19(12-22(26-28)18-7-5-16(3)6-8-18)9-10-21-20-11-17(4)23(31-14-25(29)30)13-24(20)32-27-21/h7-10,13-16H,11-12H2,1-6H3,(H,31,32);5-8,11-13,15H,9-10,14H2,1-4H3,(H,29,30). The van der Waals surface area contributed by atoms with Gasteiger partial charge in [0.05, 0.1) is 22.8 Å². The number of carboxylic acids is 2. The van der Waals surface area contributed by atoms with Crippen LogP contribution in [0.15, 0.2) is 94.0 Å². The first-order chi connectivity index (χ1) is 31.4. The number of aliphatic carboxylic acids is 2. The molecular weight excluding hydrogens is 837 g/mol. The fourth-order valence-corrected chi connectivity index (χ4v) is 7.69. The molecule has 2 N–H and O–H groups in total. The van der Waals surface area contributed by atoms with E-state index in [9.17, 15) is 14.7 Å². The quantitative estimate of drug-likeness (QED) is 0.0938. The molecule has 14 heteroatoms. The average molecular weight is 895 g/mol. The number of hydrogen-bond acceptors (Lipinski definition) is 10. The molecule has 0 spiro atoms. The summed E-state index contributed by atoms with van der Waals surface area (Å²) in [5.74, 6) is -1.09. The van der Waals surface area contributed by atoms with Gasteiger partial charge in [-0.15, -0.1) is 0 Å². The van der Waals surface area contributed by atoms with Crippen LogP contribution < -0.4 is 9.47 Å². The molecule has 0 saturated heterocycles. The lowest BCUT2D eigenvalue weighted by molar-refractivity contribution is -0.152. The van der Waals surface area contributed by atoms with Crippen molar-refractivity contribution in [2.45, 2.75) is 113 Å². The van der Waals surface area contributed by atoms with E-state index in [1.807, 2.05) is 26.0 Å². The van der Waals surface area contributed by atoms with Gasteiger partial charge in [0.2, 0.25) is 0 Å². The van der Waals surface area contributed by atoms with E-state index in [0.29, 0.717) is 35.5 Å². The first kappa shape index (κ1) is 46.8. The van der Waals surface area contributed by atoms with E-state index in [-0.39, 0.29) is 12.1 Å². The highest BCUT2D eigenvalue weighted by Gasteiger charge is 2.30. The van der Waals surface area contributed by atoms with Gasteiger partial charge in [-0.3, -0.25) is 9.36 Å². The highest BCUT2D eigenvalue weighted by Crippen LogP contribution is 2.33. The van der Waals surface area contributed by atoms with E-state index in [1.54, 1.807) is 12.1 Å². The molecule has 14 nitrogen and oxygen atoms in total. The number of carbonyl (C=O) groups is 2. The molecule has 0 atom stereocenters. The Bertz CT molecular complexity index is 2990. The molecule has 4 heterocycles. The highest BCUT2D eigenvalue weighted by atomic mass is 16.5. The Labute approximate surface area is 384 Å². The number of aromatic nitrogens is 6. The predicted molar refractivity (Wildman–Crippen MR) is 253 cm³/mol. The molecule has 66 heavy (non-hydrogen) atoms. The molecular formula is C52H58N6O8. The van der Waals surface area contributed by atoms with E-state index < -0.39 is 24.1 Å². The van der Waals surface area contributed by atoms with Crippen LogP contribution in [0.25, 0.3) is 44.5 Å². The largest absolute Gasteiger partial charge is 0.481 e. The monoisotopic (exact) mass is 894 g/mol. The molecule has 0 aliphatic heterocycles. The molecule has 0 unspecified atom stereocenters. The molecule has 0 radical (unpaired) electrons. The zero-order chi connectivity index (χ0) is 47.4. The minimum atomic E-state index is -1.34. The van der Waals surface area contributed by atoms with Gasteiger partial charge < -0.3 is 28.7 Å². The summed E-state index contributed by atoms with van der Waals surface area (Å²) in [5.41, 5.74) is 12.1. The van der Waals surface area contributed by atoms with Crippen LogP contribution >= 0.6 is 0 Å². The lowest BCUT2D eigenvalue weighted by Crippen LogP contribution is -2.38. The van der Waals surface area contributed by atoms with E-state index >= 15 is 0 Å². The minimum Gasteiger partial charge on any atom is -0.481 e. The summed E-state index contributed by atoms with van der Waals surface area (Å²) in [5, 5.41) is 38.3. The van der Waals surface area contributed by atoms with Crippen LogP contribution in [-0.4, -0.2) is 64.2 Å². The molecule has 0 aliphatic rings. The summed E-state index contributed by atoms with van der Waals surface area (Å²) in [4.78, 5) is 22.2. The number of benzene rings is 4. The Morgan fingerprint density at radius 1 is 0.621 bits per heavy atom. The molecule has 0 saturated carbocycles. The van der Waals surface area contributed by atoms with Crippen LogP contribution in [0, 0.1) is 27.7 Å². The molecule has 0 aliphatic carbocycles. The summed E-state index contributed by atoms with van der Waals surface area (Å²) in [6.07, 6.45) is 2.93. The van der Waals surface area contributed by atoms with E-state index in [4.69, 9.17) is 33.8 Å². The van der Waals surface area contributed by atoms with E-state index in [1.165, 1.54) is 25.0 Å². The normalized spacial score (nSPS) is 11.7. The minimum absolute atomic E-state index is 0.239. The maximum absolute atomic E-state index is 11.4. The molecule has 344 valence electrons. The fraction of sp³-hybridized carbons (Fsp3) is 0.346. The van der Waals surface area contributed by atoms with Crippen molar-refractivity contribution in [2.24, 2.45) is 0 Å². The Hall–Kier alpha value is -7.22. The number of rotatable bonds is 16. The summed E-state index contributed by atoms with van der Waals surface area (Å²) in [6.45, 7) is 19.1. The number of ether oxygens (including phenoxy) is 2. The third-order valence-electron chi connectivity index (χ3n) is 11.5. The molecule has 0 bridgehead atoms. The topological polar surface area (TPSA) is 181 Å². The first-order valence-corrected chi connectivity index (χ1v) is 22.2. The van der Waals surface area contributed by atoms with Crippen molar-refractivity contribution in [3.05, 3.63) is 130 Å². The van der Waals surface area contributed by atoms with Crippen LogP contribution in [0.3, 0.4) is 0 Å². The molecule has 8 rings (SSSR count). The summed E-state index contributed by atoms with van der Waals surface area (Å²) in [7, 11) is 0. The zero-order valence-electron chi connectivity index (χ0n) is 39.3. The van der Waals surface area contributed by atoms with Gasteiger partial charge in [0.25, 0.3) is 0 Å². The van der Waals surface area contributed by atoms with Crippen LogP contribution in [0.5, 0.6) is 11.5 Å². The Morgan fingerprint density at radius 3 is 1.45 bits per heavy atom. The molecule has 0 fully saturated rings. The van der Waals surface area contributed by atoms with Crippen molar-refractivity contribution < 1.29 is 38.3 Å². The maximum atomic E-state index is 11.4. The fourth-order valence-electron chi connectivity index (χ4n) is 7.69. The van der Waals surface area contributed by atoms with Gasteiger partial charge in [-0.25, -0.2) is 9.59 Å². The molecule has 4 aromatic heterocycles. The van der Waals surface area contributed by atoms with Crippen molar-refractivity contribution in [3.63, 3.8) is 0 Å². The number of hydrogen-bond donors (Lipinski definition) is 2. The number of fused-ring (bicyclic) bond motifs is 2. The summed E-state index contributed by atoms with van der Waals surface area (Å²) >= 11 is 0. The first-order valence-electron chi connectivity index (χ1n) is 22.2. The third kappa shape index (κ3) is 10.7. The number of nitrogens with zero attached hydrogens (tertiary/aromatic N) is 6. The number of aryl methyl sites for hydroxylation is 8. The van der Waals surface area contributed by atoms with Gasteiger partial charge in [-0.2, -0.15) is 10.2 Å². The van der Waals surface area contributed by atoms with Gasteiger partial charge in [-0.05, 0) is 130 Å².